The molecule has 1 saturated heterocycles. The fourth-order valence-electron chi connectivity index (χ4n) is 3.74. The van der Waals surface area contributed by atoms with Crippen molar-refractivity contribution < 1.29 is 66.7 Å². The van der Waals surface area contributed by atoms with E-state index in [0.717, 1.165) is 48.7 Å². The van der Waals surface area contributed by atoms with Crippen molar-refractivity contribution in [1.82, 2.24) is 5.32 Å². The van der Waals surface area contributed by atoms with Crippen LogP contribution in [0.4, 0.5) is 0 Å². The number of ether oxygens (including phenoxy) is 7. The fraction of sp³-hybridized carbons (Fsp3) is 0.682. The van der Waals surface area contributed by atoms with Gasteiger partial charge in [0.05, 0.1) is 19.6 Å². The average Bonchev–Trinajstić information content (AvgIpc) is 2.74. The third-order valence-electron chi connectivity index (χ3n) is 4.80. The van der Waals surface area contributed by atoms with Gasteiger partial charge in [0.15, 0.2) is 12.2 Å². The summed E-state index contributed by atoms with van der Waals surface area (Å²) >= 11 is 0. The molecule has 208 valence electrons. The van der Waals surface area contributed by atoms with Crippen LogP contribution in [-0.2, 0) is 66.7 Å². The second-order valence-corrected chi connectivity index (χ2v) is 8.02. The number of rotatable bonds is 10. The number of amides is 1. The molecule has 15 heteroatoms. The highest BCUT2D eigenvalue weighted by atomic mass is 16.8. The topological polar surface area (TPSA) is 196 Å². The first kappa shape index (κ1) is 31.3. The lowest BCUT2D eigenvalue weighted by molar-refractivity contribution is -0.304. The van der Waals surface area contributed by atoms with Gasteiger partial charge in [0, 0.05) is 41.5 Å². The number of nitrogens with one attached hydrogen (secondary N) is 1. The zero-order valence-corrected chi connectivity index (χ0v) is 21.5. The molecule has 15 nitrogen and oxygen atoms in total. The summed E-state index contributed by atoms with van der Waals surface area (Å²) in [6.07, 6.45) is -6.98. The lowest BCUT2D eigenvalue weighted by Crippen LogP contribution is -2.69. The third-order valence-corrected chi connectivity index (χ3v) is 4.80. The van der Waals surface area contributed by atoms with Gasteiger partial charge in [0.25, 0.3) is 0 Å². The summed E-state index contributed by atoms with van der Waals surface area (Å²) in [6.45, 7) is 5.60. The third kappa shape index (κ3) is 9.33. The number of hydrogen-bond donors (Lipinski definition) is 1. The van der Waals surface area contributed by atoms with Gasteiger partial charge in [-0.3, -0.25) is 28.8 Å². The van der Waals surface area contributed by atoms with E-state index in [1.165, 1.54) is 0 Å². The lowest BCUT2D eigenvalue weighted by Gasteiger charge is -2.48. The SMILES string of the molecule is COC(=O)[C@@]1(OC(C)=O)C[C@H](OC(C)=O)[C@@H](NC(C)=O)[C@H]([C@H](OC(C)=O)[C@H](COC(C)=O)OC(C)=O)O1. The van der Waals surface area contributed by atoms with Crippen molar-refractivity contribution in [2.75, 3.05) is 13.7 Å². The highest BCUT2D eigenvalue weighted by Gasteiger charge is 2.60. The molecule has 0 bridgehead atoms. The van der Waals surface area contributed by atoms with E-state index in [1.54, 1.807) is 0 Å². The molecule has 0 aromatic rings. The van der Waals surface area contributed by atoms with Crippen molar-refractivity contribution in [2.24, 2.45) is 0 Å². The quantitative estimate of drug-likeness (QED) is 0.267. The molecule has 0 unspecified atom stereocenters. The monoisotopic (exact) mass is 533 g/mol. The molecule has 37 heavy (non-hydrogen) atoms. The van der Waals surface area contributed by atoms with Gasteiger partial charge in [0.1, 0.15) is 18.8 Å². The number of methoxy groups -OCH3 is 1. The first-order valence-electron chi connectivity index (χ1n) is 11.0. The number of esters is 6. The predicted molar refractivity (Wildman–Crippen MR) is 117 cm³/mol. The summed E-state index contributed by atoms with van der Waals surface area (Å²) in [5.41, 5.74) is 0. The molecule has 1 amide bonds. The zero-order chi connectivity index (χ0) is 28.5. The molecule has 0 saturated carbocycles. The Morgan fingerprint density at radius 3 is 1.89 bits per heavy atom. The van der Waals surface area contributed by atoms with Crippen molar-refractivity contribution in [1.29, 1.82) is 0 Å². The highest BCUT2D eigenvalue weighted by Crippen LogP contribution is 2.37. The van der Waals surface area contributed by atoms with Crippen LogP contribution in [0.15, 0.2) is 0 Å². The second-order valence-electron chi connectivity index (χ2n) is 8.02. The average molecular weight is 533 g/mol. The summed E-state index contributed by atoms with van der Waals surface area (Å²) in [4.78, 5) is 84.1. The summed E-state index contributed by atoms with van der Waals surface area (Å²) in [5.74, 6) is -8.84. The molecule has 1 aliphatic heterocycles. The Kier molecular flexibility index (Phi) is 11.4. The Labute approximate surface area is 212 Å². The van der Waals surface area contributed by atoms with E-state index in [4.69, 9.17) is 33.2 Å². The van der Waals surface area contributed by atoms with Gasteiger partial charge in [0.2, 0.25) is 5.91 Å². The molecule has 1 rings (SSSR count). The Balaban J connectivity index is 3.83. The summed E-state index contributed by atoms with van der Waals surface area (Å²) in [5, 5.41) is 2.49. The van der Waals surface area contributed by atoms with Crippen LogP contribution >= 0.6 is 0 Å². The Morgan fingerprint density at radius 2 is 1.46 bits per heavy atom. The minimum atomic E-state index is -2.54. The Morgan fingerprint density at radius 1 is 0.865 bits per heavy atom. The van der Waals surface area contributed by atoms with Crippen molar-refractivity contribution in [2.45, 2.75) is 84.2 Å². The maximum absolute atomic E-state index is 12.8. The molecule has 1 N–H and O–H groups in total. The molecule has 1 fully saturated rings. The van der Waals surface area contributed by atoms with Crippen LogP contribution < -0.4 is 5.32 Å². The lowest BCUT2D eigenvalue weighted by atomic mass is 9.88. The van der Waals surface area contributed by atoms with Gasteiger partial charge in [-0.25, -0.2) is 4.79 Å². The first-order chi connectivity index (χ1) is 17.1. The van der Waals surface area contributed by atoms with Crippen molar-refractivity contribution in [3.63, 3.8) is 0 Å². The van der Waals surface area contributed by atoms with Gasteiger partial charge in [-0.05, 0) is 0 Å². The predicted octanol–water partition coefficient (Wildman–Crippen LogP) is -0.929. The molecule has 0 aliphatic carbocycles. The summed E-state index contributed by atoms with van der Waals surface area (Å²) in [6, 6.07) is -1.35. The molecule has 6 atom stereocenters. The van der Waals surface area contributed by atoms with Crippen LogP contribution in [0.2, 0.25) is 0 Å². The molecule has 0 radical (unpaired) electrons. The largest absolute Gasteiger partial charge is 0.464 e. The maximum Gasteiger partial charge on any atom is 0.379 e. The maximum atomic E-state index is 12.8. The van der Waals surface area contributed by atoms with Crippen LogP contribution in [0.1, 0.15) is 48.0 Å². The zero-order valence-electron chi connectivity index (χ0n) is 21.5. The van der Waals surface area contributed by atoms with Crippen LogP contribution in [0.25, 0.3) is 0 Å². The normalized spacial score (nSPS) is 24.4. The van der Waals surface area contributed by atoms with E-state index < -0.39 is 91.0 Å². The van der Waals surface area contributed by atoms with E-state index in [0.29, 0.717) is 0 Å². The summed E-state index contributed by atoms with van der Waals surface area (Å²) < 4.78 is 36.6. The minimum absolute atomic E-state index is 0.630. The summed E-state index contributed by atoms with van der Waals surface area (Å²) in [7, 11) is 0.971. The number of carbonyl (C=O) groups is 7. The van der Waals surface area contributed by atoms with Gasteiger partial charge >= 0.3 is 41.6 Å². The molecule has 1 aliphatic rings. The van der Waals surface area contributed by atoms with Gasteiger partial charge < -0.3 is 38.5 Å². The van der Waals surface area contributed by atoms with E-state index in [9.17, 15) is 33.6 Å². The second kappa shape index (κ2) is 13.5. The standard InChI is InChI=1S/C22H31NO14/c1-10(24)23-18-16(33-12(3)26)8-22(21(30)31-7,36-15(6)29)37-20(18)19(35-14(5)28)17(34-13(4)27)9-32-11(2)25/h16-20H,8-9H2,1-7H3,(H,23,24)/t16-,17-,18+,19+,20+,22+/m0/s1. The Bertz CT molecular complexity index is 917. The van der Waals surface area contributed by atoms with Crippen LogP contribution in [-0.4, -0.2) is 91.7 Å². The van der Waals surface area contributed by atoms with Crippen LogP contribution in [0, 0.1) is 0 Å². The number of hydrogen-bond acceptors (Lipinski definition) is 14. The van der Waals surface area contributed by atoms with Crippen LogP contribution in [0.5, 0.6) is 0 Å². The highest BCUT2D eigenvalue weighted by molar-refractivity contribution is 5.82. The van der Waals surface area contributed by atoms with Crippen molar-refractivity contribution >= 4 is 41.7 Å². The molecular formula is C22H31NO14. The van der Waals surface area contributed by atoms with Crippen molar-refractivity contribution in [3.05, 3.63) is 0 Å². The molecule has 1 heterocycles. The smallest absolute Gasteiger partial charge is 0.379 e. The van der Waals surface area contributed by atoms with Crippen molar-refractivity contribution in [3.8, 4) is 0 Å². The van der Waals surface area contributed by atoms with Gasteiger partial charge in [-0.2, -0.15) is 0 Å². The van der Waals surface area contributed by atoms with Crippen LogP contribution in [0.3, 0.4) is 0 Å². The molecule has 0 aromatic heterocycles. The fourth-order valence-corrected chi connectivity index (χ4v) is 3.74. The molecular weight excluding hydrogens is 502 g/mol. The molecule has 0 aromatic carbocycles. The van der Waals surface area contributed by atoms with E-state index in [-0.39, 0.29) is 0 Å². The van der Waals surface area contributed by atoms with E-state index in [1.807, 2.05) is 0 Å². The Hall–Kier alpha value is -3.75. The van der Waals surface area contributed by atoms with E-state index >= 15 is 0 Å². The van der Waals surface area contributed by atoms with Gasteiger partial charge in [-0.1, -0.05) is 0 Å². The molecule has 0 spiro atoms. The number of carbonyl (C=O) groups excluding carboxylic acids is 7. The first-order valence-corrected chi connectivity index (χ1v) is 11.0. The van der Waals surface area contributed by atoms with Gasteiger partial charge in [-0.15, -0.1) is 0 Å². The minimum Gasteiger partial charge on any atom is -0.464 e. The van der Waals surface area contributed by atoms with E-state index in [2.05, 4.69) is 5.32 Å².